The highest BCUT2D eigenvalue weighted by Gasteiger charge is 2.28. The van der Waals surface area contributed by atoms with E-state index in [2.05, 4.69) is 5.32 Å². The molecule has 0 bridgehead atoms. The second-order valence-electron chi connectivity index (χ2n) is 6.21. The molecule has 1 N–H and O–H groups in total. The molecule has 1 heterocycles. The minimum atomic E-state index is -0.533. The zero-order valence-electron chi connectivity index (χ0n) is 16.6. The fraction of sp³-hybridized carbons (Fsp3) is 0.526. The van der Waals surface area contributed by atoms with Crippen molar-refractivity contribution in [2.24, 2.45) is 5.92 Å². The number of nitrogens with one attached hydrogen (secondary N) is 1. The predicted molar refractivity (Wildman–Crippen MR) is 108 cm³/mol. The van der Waals surface area contributed by atoms with Crippen LogP contribution in [0, 0.1) is 5.92 Å². The van der Waals surface area contributed by atoms with Gasteiger partial charge in [0, 0.05) is 25.2 Å². The molecule has 9 heteroatoms. The number of methoxy groups -OCH3 is 3. The van der Waals surface area contributed by atoms with Crippen molar-refractivity contribution in [3.63, 3.8) is 0 Å². The summed E-state index contributed by atoms with van der Waals surface area (Å²) in [6, 6.07) is 3.16. The van der Waals surface area contributed by atoms with Crippen LogP contribution >= 0.6 is 12.2 Å². The van der Waals surface area contributed by atoms with Crippen LogP contribution in [0.15, 0.2) is 12.1 Å². The fourth-order valence-corrected chi connectivity index (χ4v) is 3.35. The van der Waals surface area contributed by atoms with Gasteiger partial charge in [0.2, 0.25) is 0 Å². The van der Waals surface area contributed by atoms with E-state index in [1.54, 1.807) is 13.0 Å². The van der Waals surface area contributed by atoms with Gasteiger partial charge in [-0.25, -0.2) is 4.79 Å². The number of rotatable bonds is 6. The molecule has 0 amide bonds. The SMILES string of the molecule is CCOC(=O)[C@H]1CCCN(C(=S)Nc2cc(OC)c(OC)cc2C(=O)OC)C1. The van der Waals surface area contributed by atoms with Crippen molar-refractivity contribution in [1.29, 1.82) is 0 Å². The summed E-state index contributed by atoms with van der Waals surface area (Å²) in [7, 11) is 4.29. The number of carbonyl (C=O) groups excluding carboxylic acids is 2. The molecular formula is C19H26N2O6S. The molecule has 0 spiro atoms. The third kappa shape index (κ3) is 5.03. The molecule has 8 nitrogen and oxygen atoms in total. The Morgan fingerprint density at radius 1 is 1.21 bits per heavy atom. The molecule has 0 saturated carbocycles. The lowest BCUT2D eigenvalue weighted by Crippen LogP contribution is -2.44. The monoisotopic (exact) mass is 410 g/mol. The van der Waals surface area contributed by atoms with Gasteiger partial charge in [-0.05, 0) is 32.0 Å². The largest absolute Gasteiger partial charge is 0.493 e. The Morgan fingerprint density at radius 2 is 1.89 bits per heavy atom. The molecule has 1 aliphatic heterocycles. The van der Waals surface area contributed by atoms with Gasteiger partial charge in [-0.15, -0.1) is 0 Å². The molecule has 0 unspecified atom stereocenters. The lowest BCUT2D eigenvalue weighted by atomic mass is 9.98. The first-order valence-electron chi connectivity index (χ1n) is 9.02. The van der Waals surface area contributed by atoms with Crippen LogP contribution in [0.1, 0.15) is 30.1 Å². The van der Waals surface area contributed by atoms with Gasteiger partial charge in [-0.1, -0.05) is 0 Å². The van der Waals surface area contributed by atoms with Crippen molar-refractivity contribution in [3.8, 4) is 11.5 Å². The number of anilines is 1. The number of ether oxygens (including phenoxy) is 4. The Kier molecular flexibility index (Phi) is 7.86. The van der Waals surface area contributed by atoms with E-state index >= 15 is 0 Å². The van der Waals surface area contributed by atoms with Crippen LogP contribution in [0.2, 0.25) is 0 Å². The zero-order valence-corrected chi connectivity index (χ0v) is 17.4. The molecule has 0 aromatic heterocycles. The highest BCUT2D eigenvalue weighted by Crippen LogP contribution is 2.34. The van der Waals surface area contributed by atoms with Crippen LogP contribution in [0.3, 0.4) is 0 Å². The van der Waals surface area contributed by atoms with E-state index in [-0.39, 0.29) is 17.5 Å². The summed E-state index contributed by atoms with van der Waals surface area (Å²) in [6.07, 6.45) is 1.59. The molecule has 1 saturated heterocycles. The first-order valence-corrected chi connectivity index (χ1v) is 9.42. The van der Waals surface area contributed by atoms with E-state index in [9.17, 15) is 9.59 Å². The van der Waals surface area contributed by atoms with Gasteiger partial charge in [-0.2, -0.15) is 0 Å². The minimum Gasteiger partial charge on any atom is -0.493 e. The Hall–Kier alpha value is -2.55. The van der Waals surface area contributed by atoms with Crippen LogP contribution in [0.4, 0.5) is 5.69 Å². The molecule has 2 rings (SSSR count). The van der Waals surface area contributed by atoms with E-state index in [4.69, 9.17) is 31.2 Å². The number of piperidine rings is 1. The second kappa shape index (κ2) is 10.1. The standard InChI is InChI=1S/C19H26N2O6S/c1-5-27-17(22)12-7-6-8-21(11-12)19(28)20-14-10-16(25-3)15(24-2)9-13(14)18(23)26-4/h9-10,12H,5-8,11H2,1-4H3,(H,20,28)/t12-/m0/s1. The lowest BCUT2D eigenvalue weighted by molar-refractivity contribution is -0.149. The van der Waals surface area contributed by atoms with E-state index in [1.165, 1.54) is 27.4 Å². The summed E-state index contributed by atoms with van der Waals surface area (Å²) in [6.45, 7) is 3.32. The quantitative estimate of drug-likeness (QED) is 0.561. The van der Waals surface area contributed by atoms with Crippen LogP contribution in [0.5, 0.6) is 11.5 Å². The average Bonchev–Trinajstić information content (AvgIpc) is 2.72. The Labute approximate surface area is 170 Å². The maximum atomic E-state index is 12.2. The number of carbonyl (C=O) groups is 2. The highest BCUT2D eigenvalue weighted by molar-refractivity contribution is 7.80. The molecule has 154 valence electrons. The predicted octanol–water partition coefficient (Wildman–Crippen LogP) is 2.46. The number of benzene rings is 1. The summed E-state index contributed by atoms with van der Waals surface area (Å²) in [5.41, 5.74) is 0.703. The number of thiocarbonyl (C=S) groups is 1. The molecule has 1 atom stereocenters. The average molecular weight is 410 g/mol. The Balaban J connectivity index is 2.22. The maximum absolute atomic E-state index is 12.2. The molecule has 1 aliphatic rings. The number of nitrogens with zero attached hydrogens (tertiary/aromatic N) is 1. The second-order valence-corrected chi connectivity index (χ2v) is 6.60. The smallest absolute Gasteiger partial charge is 0.340 e. The van der Waals surface area contributed by atoms with Crippen LogP contribution in [0.25, 0.3) is 0 Å². The first kappa shape index (κ1) is 21.7. The third-order valence-electron chi connectivity index (χ3n) is 4.50. The van der Waals surface area contributed by atoms with Crippen molar-refractivity contribution in [2.45, 2.75) is 19.8 Å². The molecule has 0 radical (unpaired) electrons. The zero-order chi connectivity index (χ0) is 20.7. The van der Waals surface area contributed by atoms with E-state index in [0.29, 0.717) is 42.0 Å². The molecule has 0 aliphatic carbocycles. The van der Waals surface area contributed by atoms with Crippen molar-refractivity contribution in [1.82, 2.24) is 4.90 Å². The van der Waals surface area contributed by atoms with Gasteiger partial charge in [0.15, 0.2) is 16.6 Å². The van der Waals surface area contributed by atoms with Crippen LogP contribution in [-0.2, 0) is 14.3 Å². The van der Waals surface area contributed by atoms with Gasteiger partial charge in [0.25, 0.3) is 0 Å². The number of hydrogen-bond donors (Lipinski definition) is 1. The molecule has 1 aromatic rings. The van der Waals surface area contributed by atoms with E-state index in [1.807, 2.05) is 4.90 Å². The van der Waals surface area contributed by atoms with Crippen molar-refractivity contribution < 1.29 is 28.5 Å². The Bertz CT molecular complexity index is 739. The fourth-order valence-electron chi connectivity index (χ4n) is 3.07. The highest BCUT2D eigenvalue weighted by atomic mass is 32.1. The summed E-state index contributed by atoms with van der Waals surface area (Å²) in [5, 5.41) is 3.49. The van der Waals surface area contributed by atoms with Crippen molar-refractivity contribution in [3.05, 3.63) is 17.7 Å². The normalized spacial score (nSPS) is 16.1. The number of hydrogen-bond acceptors (Lipinski definition) is 7. The maximum Gasteiger partial charge on any atom is 0.340 e. The van der Waals surface area contributed by atoms with Gasteiger partial charge >= 0.3 is 11.9 Å². The molecule has 1 fully saturated rings. The molecule has 1 aromatic carbocycles. The molecular weight excluding hydrogens is 384 g/mol. The summed E-state index contributed by atoms with van der Waals surface area (Å²) < 4.78 is 20.6. The third-order valence-corrected chi connectivity index (χ3v) is 4.86. The van der Waals surface area contributed by atoms with E-state index < -0.39 is 5.97 Å². The van der Waals surface area contributed by atoms with Crippen LogP contribution in [-0.4, -0.2) is 63.0 Å². The van der Waals surface area contributed by atoms with Crippen molar-refractivity contribution in [2.75, 3.05) is 46.3 Å². The topological polar surface area (TPSA) is 86.3 Å². The first-order chi connectivity index (χ1) is 13.4. The van der Waals surface area contributed by atoms with Crippen molar-refractivity contribution >= 4 is 35.0 Å². The number of likely N-dealkylation sites (tertiary alicyclic amines) is 1. The van der Waals surface area contributed by atoms with Gasteiger partial charge in [0.1, 0.15) is 0 Å². The summed E-state index contributed by atoms with van der Waals surface area (Å²) in [4.78, 5) is 26.2. The lowest BCUT2D eigenvalue weighted by Gasteiger charge is -2.33. The number of esters is 2. The summed E-state index contributed by atoms with van der Waals surface area (Å²) in [5.74, 6) is -0.118. The van der Waals surface area contributed by atoms with E-state index in [0.717, 1.165) is 12.8 Å². The van der Waals surface area contributed by atoms with Gasteiger partial charge < -0.3 is 29.2 Å². The minimum absolute atomic E-state index is 0.212. The molecule has 28 heavy (non-hydrogen) atoms. The van der Waals surface area contributed by atoms with Crippen LogP contribution < -0.4 is 14.8 Å². The Morgan fingerprint density at radius 3 is 2.50 bits per heavy atom. The summed E-state index contributed by atoms with van der Waals surface area (Å²) >= 11 is 5.52. The van der Waals surface area contributed by atoms with Gasteiger partial charge in [-0.3, -0.25) is 4.79 Å². The van der Waals surface area contributed by atoms with Gasteiger partial charge in [0.05, 0.1) is 45.1 Å².